The molecule has 0 radical (unpaired) electrons. The maximum Gasteiger partial charge on any atom is 0.140 e. The molecule has 0 N–H and O–H groups in total. The van der Waals surface area contributed by atoms with E-state index in [9.17, 15) is 4.79 Å². The van der Waals surface area contributed by atoms with E-state index in [4.69, 9.17) is 23.2 Å². The van der Waals surface area contributed by atoms with Gasteiger partial charge in [0.25, 0.3) is 0 Å². The van der Waals surface area contributed by atoms with Crippen molar-refractivity contribution in [2.45, 2.75) is 50.4 Å². The van der Waals surface area contributed by atoms with E-state index in [0.29, 0.717) is 5.78 Å². The maximum absolute atomic E-state index is 13.4. The highest BCUT2D eigenvalue weighted by molar-refractivity contribution is 6.30. The second-order valence-electron chi connectivity index (χ2n) is 8.17. The van der Waals surface area contributed by atoms with Crippen molar-refractivity contribution in [1.29, 1.82) is 0 Å². The van der Waals surface area contributed by atoms with Gasteiger partial charge in [-0.15, -0.1) is 0 Å². The zero-order valence-corrected chi connectivity index (χ0v) is 16.8. The van der Waals surface area contributed by atoms with E-state index in [1.54, 1.807) is 0 Å². The van der Waals surface area contributed by atoms with Gasteiger partial charge >= 0.3 is 0 Å². The van der Waals surface area contributed by atoms with Crippen LogP contribution in [0.15, 0.2) is 48.5 Å². The first-order valence-electron chi connectivity index (χ1n) is 9.45. The van der Waals surface area contributed by atoms with Gasteiger partial charge in [0.05, 0.1) is 0 Å². The van der Waals surface area contributed by atoms with Gasteiger partial charge in [-0.2, -0.15) is 0 Å². The molecule has 2 aromatic rings. The summed E-state index contributed by atoms with van der Waals surface area (Å²) in [5.41, 5.74) is 2.52. The number of benzene rings is 2. The molecule has 0 aliphatic heterocycles. The van der Waals surface area contributed by atoms with Gasteiger partial charge in [0.15, 0.2) is 0 Å². The predicted molar refractivity (Wildman–Crippen MR) is 108 cm³/mol. The van der Waals surface area contributed by atoms with Crippen LogP contribution < -0.4 is 0 Å². The molecule has 2 fully saturated rings. The summed E-state index contributed by atoms with van der Waals surface area (Å²) >= 11 is 12.1. The Bertz CT molecular complexity index is 745. The first kappa shape index (κ1) is 18.1. The van der Waals surface area contributed by atoms with Crippen LogP contribution >= 0.6 is 23.2 Å². The van der Waals surface area contributed by atoms with Gasteiger partial charge in [-0.1, -0.05) is 61.3 Å². The summed E-state index contributed by atoms with van der Waals surface area (Å²) in [7, 11) is 0. The zero-order valence-electron chi connectivity index (χ0n) is 15.3. The number of rotatable bonds is 6. The van der Waals surface area contributed by atoms with Crippen LogP contribution in [-0.2, 0) is 15.6 Å². The normalized spacial score (nSPS) is 21.7. The lowest BCUT2D eigenvalue weighted by atomic mass is 9.72. The molecule has 2 unspecified atom stereocenters. The van der Waals surface area contributed by atoms with Crippen LogP contribution in [0, 0.1) is 11.8 Å². The number of hydrogen-bond acceptors (Lipinski definition) is 1. The smallest absolute Gasteiger partial charge is 0.140 e. The van der Waals surface area contributed by atoms with Gasteiger partial charge in [-0.25, -0.2) is 0 Å². The largest absolute Gasteiger partial charge is 0.299 e. The minimum absolute atomic E-state index is 0.00596. The van der Waals surface area contributed by atoms with E-state index in [0.717, 1.165) is 35.7 Å². The van der Waals surface area contributed by atoms with Crippen LogP contribution in [0.5, 0.6) is 0 Å². The van der Waals surface area contributed by atoms with E-state index in [1.165, 1.54) is 11.1 Å². The van der Waals surface area contributed by atoms with Crippen molar-refractivity contribution in [1.82, 2.24) is 0 Å². The zero-order chi connectivity index (χ0) is 18.5. The molecule has 0 bridgehead atoms. The Morgan fingerprint density at radius 2 is 1.04 bits per heavy atom. The topological polar surface area (TPSA) is 17.1 Å². The fraction of sp³-hybridized carbons (Fsp3) is 0.435. The second-order valence-corrected chi connectivity index (χ2v) is 9.04. The summed E-state index contributed by atoms with van der Waals surface area (Å²) in [6.07, 6.45) is 4.34. The average Bonchev–Trinajstić information content (AvgIpc) is 3.55. The molecule has 2 atom stereocenters. The minimum Gasteiger partial charge on any atom is -0.299 e. The van der Waals surface area contributed by atoms with Gasteiger partial charge in [-0.3, -0.25) is 4.79 Å². The minimum atomic E-state index is 0.00596. The third-order valence-corrected chi connectivity index (χ3v) is 7.43. The number of hydrogen-bond donors (Lipinski definition) is 0. The highest BCUT2D eigenvalue weighted by Gasteiger charge is 2.57. The molecular formula is C23H24Cl2O. The number of carbonyl (C=O) groups excluding carboxylic acids is 1. The summed E-state index contributed by atoms with van der Waals surface area (Å²) < 4.78 is 0. The van der Waals surface area contributed by atoms with Gasteiger partial charge in [0, 0.05) is 32.7 Å². The Morgan fingerprint density at radius 1 is 0.731 bits per heavy atom. The Hall–Kier alpha value is -1.31. The molecule has 2 aliphatic rings. The Balaban J connectivity index is 1.57. The predicted octanol–water partition coefficient (Wildman–Crippen LogP) is 6.60. The number of ketones is 1. The van der Waals surface area contributed by atoms with Gasteiger partial charge in [0.1, 0.15) is 5.78 Å². The van der Waals surface area contributed by atoms with Crippen molar-refractivity contribution in [3.63, 3.8) is 0 Å². The Labute approximate surface area is 165 Å². The Kier molecular flexibility index (Phi) is 4.44. The molecule has 1 nitrogen and oxygen atoms in total. The molecule has 2 aromatic carbocycles. The molecule has 0 aromatic heterocycles. The van der Waals surface area contributed by atoms with Crippen LogP contribution in [0.2, 0.25) is 10.0 Å². The quantitative estimate of drug-likeness (QED) is 0.546. The SMILES string of the molecule is CC(C(=O)C(C)C1(c2ccc(Cl)cc2)CC1)C1(c2ccc(Cl)cc2)CC1. The first-order chi connectivity index (χ1) is 12.4. The molecule has 26 heavy (non-hydrogen) atoms. The molecule has 2 saturated carbocycles. The van der Waals surface area contributed by atoms with Crippen LogP contribution in [0.25, 0.3) is 0 Å². The maximum atomic E-state index is 13.4. The Morgan fingerprint density at radius 3 is 1.31 bits per heavy atom. The van der Waals surface area contributed by atoms with E-state index in [2.05, 4.69) is 38.1 Å². The lowest BCUT2D eigenvalue weighted by Gasteiger charge is -2.30. The van der Waals surface area contributed by atoms with E-state index >= 15 is 0 Å². The first-order valence-corrected chi connectivity index (χ1v) is 10.2. The van der Waals surface area contributed by atoms with Crippen LogP contribution in [0.4, 0.5) is 0 Å². The van der Waals surface area contributed by atoms with Crippen molar-refractivity contribution >= 4 is 29.0 Å². The number of carbonyl (C=O) groups is 1. The van der Waals surface area contributed by atoms with Crippen molar-refractivity contribution in [2.75, 3.05) is 0 Å². The number of halogens is 2. The van der Waals surface area contributed by atoms with Crippen molar-refractivity contribution in [2.24, 2.45) is 11.8 Å². The summed E-state index contributed by atoms with van der Waals surface area (Å²) in [6.45, 7) is 4.25. The van der Waals surface area contributed by atoms with Gasteiger partial charge in [0.2, 0.25) is 0 Å². The van der Waals surface area contributed by atoms with E-state index in [-0.39, 0.29) is 22.7 Å². The molecule has 0 saturated heterocycles. The lowest BCUT2D eigenvalue weighted by Crippen LogP contribution is -2.35. The molecule has 2 aliphatic carbocycles. The lowest BCUT2D eigenvalue weighted by molar-refractivity contribution is -0.127. The van der Waals surface area contributed by atoms with Gasteiger partial charge < -0.3 is 0 Å². The van der Waals surface area contributed by atoms with Crippen LogP contribution in [-0.4, -0.2) is 5.78 Å². The van der Waals surface area contributed by atoms with E-state index in [1.807, 2.05) is 24.3 Å². The summed E-state index contributed by atoms with van der Waals surface area (Å²) in [6, 6.07) is 16.1. The summed E-state index contributed by atoms with van der Waals surface area (Å²) in [5, 5.41) is 1.49. The van der Waals surface area contributed by atoms with Crippen molar-refractivity contribution < 1.29 is 4.79 Å². The monoisotopic (exact) mass is 386 g/mol. The van der Waals surface area contributed by atoms with Crippen LogP contribution in [0.1, 0.15) is 50.7 Å². The summed E-state index contributed by atoms with van der Waals surface area (Å²) in [4.78, 5) is 13.4. The second kappa shape index (κ2) is 6.39. The fourth-order valence-electron chi connectivity index (χ4n) is 4.70. The van der Waals surface area contributed by atoms with Crippen molar-refractivity contribution in [3.8, 4) is 0 Å². The van der Waals surface area contributed by atoms with Gasteiger partial charge in [-0.05, 0) is 61.1 Å². The van der Waals surface area contributed by atoms with Crippen molar-refractivity contribution in [3.05, 3.63) is 69.7 Å². The van der Waals surface area contributed by atoms with E-state index < -0.39 is 0 Å². The van der Waals surface area contributed by atoms with Crippen LogP contribution in [0.3, 0.4) is 0 Å². The summed E-state index contributed by atoms with van der Waals surface area (Å²) in [5.74, 6) is 0.455. The number of Topliss-reactive ketones (excluding diaryl/α,β-unsaturated/α-hetero) is 1. The molecule has 136 valence electrons. The molecule has 4 rings (SSSR count). The molecule has 0 heterocycles. The molecule has 0 spiro atoms. The molecular weight excluding hydrogens is 363 g/mol. The standard InChI is InChI=1S/C23H24Cl2O/c1-15(22(11-12-22)17-3-7-19(24)8-4-17)21(26)16(2)23(13-14-23)18-5-9-20(25)10-6-18/h3-10,15-16H,11-14H2,1-2H3. The third-order valence-electron chi connectivity index (χ3n) is 6.93. The third kappa shape index (κ3) is 2.90. The highest BCUT2D eigenvalue weighted by Crippen LogP contribution is 2.59. The molecule has 0 amide bonds. The molecule has 3 heteroatoms. The fourth-order valence-corrected chi connectivity index (χ4v) is 4.95. The highest BCUT2D eigenvalue weighted by atomic mass is 35.5. The average molecular weight is 387 g/mol.